The van der Waals surface area contributed by atoms with Crippen molar-refractivity contribution < 1.29 is 0 Å². The molecule has 0 unspecified atom stereocenters. The van der Waals surface area contributed by atoms with Crippen molar-refractivity contribution in [1.82, 2.24) is 19.7 Å². The first-order valence-corrected chi connectivity index (χ1v) is 6.63. The molecule has 1 aliphatic carbocycles. The highest BCUT2D eigenvalue weighted by Gasteiger charge is 2.20. The summed E-state index contributed by atoms with van der Waals surface area (Å²) in [5, 5.41) is 8.81. The summed E-state index contributed by atoms with van der Waals surface area (Å²) in [5.74, 6) is 1.73. The molecule has 3 rings (SSSR count). The molecule has 0 amide bonds. The van der Waals surface area contributed by atoms with E-state index in [4.69, 9.17) is 0 Å². The van der Waals surface area contributed by atoms with Crippen LogP contribution in [0.2, 0.25) is 0 Å². The van der Waals surface area contributed by atoms with E-state index in [1.165, 1.54) is 25.7 Å². The highest BCUT2D eigenvalue weighted by atomic mass is 15.3. The molecule has 2 aromatic rings. The van der Waals surface area contributed by atoms with E-state index in [-0.39, 0.29) is 0 Å². The summed E-state index contributed by atoms with van der Waals surface area (Å²) in [5.41, 5.74) is 0.886. The first-order valence-electron chi connectivity index (χ1n) is 6.63. The summed E-state index contributed by atoms with van der Waals surface area (Å²) in [6.07, 6.45) is 8.56. The van der Waals surface area contributed by atoms with Crippen molar-refractivity contribution >= 4 is 16.9 Å². The summed E-state index contributed by atoms with van der Waals surface area (Å²) < 4.78 is 1.78. The van der Waals surface area contributed by atoms with Crippen LogP contribution < -0.4 is 5.32 Å². The summed E-state index contributed by atoms with van der Waals surface area (Å²) in [7, 11) is 1.90. The van der Waals surface area contributed by atoms with Crippen LogP contribution in [0.15, 0.2) is 12.5 Å². The number of nitrogens with one attached hydrogen (secondary N) is 1. The maximum absolute atomic E-state index is 4.36. The molecule has 2 atom stereocenters. The van der Waals surface area contributed by atoms with Gasteiger partial charge in [0.05, 0.1) is 11.6 Å². The minimum Gasteiger partial charge on any atom is -0.367 e. The van der Waals surface area contributed by atoms with Gasteiger partial charge in [-0.2, -0.15) is 5.10 Å². The summed E-state index contributed by atoms with van der Waals surface area (Å²) in [6.45, 7) is 2.33. The number of nitrogens with zero attached hydrogens (tertiary/aromatic N) is 4. The maximum Gasteiger partial charge on any atom is 0.163 e. The lowest BCUT2D eigenvalue weighted by Crippen LogP contribution is -2.26. The fraction of sp³-hybridized carbons (Fsp3) is 0.615. The molecule has 18 heavy (non-hydrogen) atoms. The van der Waals surface area contributed by atoms with E-state index < -0.39 is 0 Å². The predicted octanol–water partition coefficient (Wildman–Crippen LogP) is 2.35. The van der Waals surface area contributed by atoms with Gasteiger partial charge in [-0.1, -0.05) is 19.8 Å². The van der Waals surface area contributed by atoms with Gasteiger partial charge in [0.15, 0.2) is 5.65 Å². The molecule has 96 valence electrons. The van der Waals surface area contributed by atoms with Gasteiger partial charge in [-0.25, -0.2) is 9.97 Å². The van der Waals surface area contributed by atoms with Gasteiger partial charge < -0.3 is 5.32 Å². The van der Waals surface area contributed by atoms with Crippen LogP contribution in [0.1, 0.15) is 32.6 Å². The second-order valence-corrected chi connectivity index (χ2v) is 5.34. The Bertz CT molecular complexity index is 547. The molecule has 0 bridgehead atoms. The summed E-state index contributed by atoms with van der Waals surface area (Å²) in [6, 6.07) is 0.534. The van der Waals surface area contributed by atoms with Crippen molar-refractivity contribution in [2.24, 2.45) is 13.0 Å². The molecule has 1 N–H and O–H groups in total. The smallest absolute Gasteiger partial charge is 0.163 e. The van der Waals surface area contributed by atoms with Gasteiger partial charge in [0.25, 0.3) is 0 Å². The third-order valence-corrected chi connectivity index (χ3v) is 3.81. The molecule has 2 heterocycles. The topological polar surface area (TPSA) is 55.6 Å². The molecule has 2 aromatic heterocycles. The average Bonchev–Trinajstić information content (AvgIpc) is 2.73. The molecule has 0 aromatic carbocycles. The van der Waals surface area contributed by atoms with Crippen molar-refractivity contribution in [1.29, 1.82) is 0 Å². The fourth-order valence-electron chi connectivity index (χ4n) is 2.84. The zero-order chi connectivity index (χ0) is 12.5. The van der Waals surface area contributed by atoms with Crippen molar-refractivity contribution in [2.75, 3.05) is 5.32 Å². The van der Waals surface area contributed by atoms with Gasteiger partial charge in [0.2, 0.25) is 0 Å². The lowest BCUT2D eigenvalue weighted by Gasteiger charge is -2.27. The van der Waals surface area contributed by atoms with Crippen LogP contribution in [-0.2, 0) is 7.05 Å². The van der Waals surface area contributed by atoms with E-state index in [9.17, 15) is 0 Å². The molecule has 0 saturated heterocycles. The van der Waals surface area contributed by atoms with Gasteiger partial charge in [-0.05, 0) is 18.8 Å². The van der Waals surface area contributed by atoms with Gasteiger partial charge in [0.1, 0.15) is 12.1 Å². The van der Waals surface area contributed by atoms with Gasteiger partial charge in [-0.15, -0.1) is 0 Å². The Hall–Kier alpha value is -1.65. The second-order valence-electron chi connectivity index (χ2n) is 5.34. The SMILES string of the molecule is C[C@H]1CCC[C@@H](Nc2ncnc3c2cnn3C)C1. The van der Waals surface area contributed by atoms with Crippen molar-refractivity contribution in [3.8, 4) is 0 Å². The minimum absolute atomic E-state index is 0.534. The molecule has 0 radical (unpaired) electrons. The molecule has 0 spiro atoms. The zero-order valence-corrected chi connectivity index (χ0v) is 10.9. The second kappa shape index (κ2) is 4.55. The Morgan fingerprint density at radius 1 is 1.33 bits per heavy atom. The van der Waals surface area contributed by atoms with Crippen LogP contribution in [-0.4, -0.2) is 25.8 Å². The van der Waals surface area contributed by atoms with Crippen LogP contribution in [0, 0.1) is 5.92 Å². The fourth-order valence-corrected chi connectivity index (χ4v) is 2.84. The predicted molar refractivity (Wildman–Crippen MR) is 71.3 cm³/mol. The van der Waals surface area contributed by atoms with E-state index in [0.29, 0.717) is 6.04 Å². The number of fused-ring (bicyclic) bond motifs is 1. The van der Waals surface area contributed by atoms with E-state index in [2.05, 4.69) is 27.3 Å². The Morgan fingerprint density at radius 3 is 3.06 bits per heavy atom. The quantitative estimate of drug-likeness (QED) is 0.882. The maximum atomic E-state index is 4.36. The zero-order valence-electron chi connectivity index (χ0n) is 10.9. The lowest BCUT2D eigenvalue weighted by atomic mass is 9.87. The molecule has 1 saturated carbocycles. The van der Waals surface area contributed by atoms with Crippen LogP contribution in [0.25, 0.3) is 11.0 Å². The Kier molecular flexibility index (Phi) is 2.89. The van der Waals surface area contributed by atoms with Crippen molar-refractivity contribution in [3.63, 3.8) is 0 Å². The highest BCUT2D eigenvalue weighted by Crippen LogP contribution is 2.27. The third-order valence-electron chi connectivity index (χ3n) is 3.81. The minimum atomic E-state index is 0.534. The Balaban J connectivity index is 1.86. The summed E-state index contributed by atoms with van der Waals surface area (Å²) >= 11 is 0. The molecular formula is C13H19N5. The number of anilines is 1. The number of aromatic nitrogens is 4. The van der Waals surface area contributed by atoms with Gasteiger partial charge in [0, 0.05) is 13.1 Å². The van der Waals surface area contributed by atoms with Crippen molar-refractivity contribution in [2.45, 2.75) is 38.6 Å². The third kappa shape index (κ3) is 2.05. The monoisotopic (exact) mass is 245 g/mol. The van der Waals surface area contributed by atoms with E-state index in [1.807, 2.05) is 13.2 Å². The number of aryl methyl sites for hydroxylation is 1. The van der Waals surface area contributed by atoms with Gasteiger partial charge in [-0.3, -0.25) is 4.68 Å². The van der Waals surface area contributed by atoms with E-state index in [1.54, 1.807) is 11.0 Å². The normalized spacial score (nSPS) is 24.3. The summed E-state index contributed by atoms with van der Waals surface area (Å²) in [4.78, 5) is 8.62. The van der Waals surface area contributed by atoms with Crippen LogP contribution >= 0.6 is 0 Å². The molecule has 1 fully saturated rings. The molecule has 0 aliphatic heterocycles. The van der Waals surface area contributed by atoms with Crippen molar-refractivity contribution in [3.05, 3.63) is 12.5 Å². The van der Waals surface area contributed by atoms with Crippen LogP contribution in [0.4, 0.5) is 5.82 Å². The molecule has 5 heteroatoms. The molecule has 5 nitrogen and oxygen atoms in total. The average molecular weight is 245 g/mol. The first-order chi connectivity index (χ1) is 8.74. The standard InChI is InChI=1S/C13H19N5/c1-9-4-3-5-10(6-9)17-12-11-7-16-18(2)13(11)15-8-14-12/h7-10H,3-6H2,1-2H3,(H,14,15,17)/t9-,10+/m0/s1. The largest absolute Gasteiger partial charge is 0.367 e. The number of hydrogen-bond acceptors (Lipinski definition) is 4. The first kappa shape index (κ1) is 11.4. The Labute approximate surface area is 107 Å². The molecule has 1 aliphatic rings. The lowest BCUT2D eigenvalue weighted by molar-refractivity contribution is 0.358. The highest BCUT2D eigenvalue weighted by molar-refractivity contribution is 5.86. The molecular weight excluding hydrogens is 226 g/mol. The van der Waals surface area contributed by atoms with E-state index in [0.717, 1.165) is 22.8 Å². The van der Waals surface area contributed by atoms with Crippen LogP contribution in [0.5, 0.6) is 0 Å². The number of hydrogen-bond donors (Lipinski definition) is 1. The Morgan fingerprint density at radius 2 is 2.22 bits per heavy atom. The van der Waals surface area contributed by atoms with Crippen LogP contribution in [0.3, 0.4) is 0 Å². The number of rotatable bonds is 2. The van der Waals surface area contributed by atoms with E-state index >= 15 is 0 Å². The van der Waals surface area contributed by atoms with Gasteiger partial charge >= 0.3 is 0 Å².